The molecule has 0 N–H and O–H groups in total. The van der Waals surface area contributed by atoms with Gasteiger partial charge in [-0.1, -0.05) is 6.07 Å². The van der Waals surface area contributed by atoms with Crippen LogP contribution in [-0.2, 0) is 13.1 Å². The molecule has 2 aromatic carbocycles. The van der Waals surface area contributed by atoms with Gasteiger partial charge in [-0.05, 0) is 42.8 Å². The summed E-state index contributed by atoms with van der Waals surface area (Å²) in [6.07, 6.45) is 0. The molecule has 0 amide bonds. The van der Waals surface area contributed by atoms with Crippen LogP contribution in [0.5, 0.6) is 17.2 Å². The van der Waals surface area contributed by atoms with Crippen LogP contribution in [0.1, 0.15) is 16.0 Å². The van der Waals surface area contributed by atoms with Gasteiger partial charge in [-0.25, -0.2) is 4.39 Å². The lowest BCUT2D eigenvalue weighted by Crippen LogP contribution is -2.25. The predicted molar refractivity (Wildman–Crippen MR) is 114 cm³/mol. The molecule has 0 saturated carbocycles. The lowest BCUT2D eigenvalue weighted by atomic mass is 10.1. The van der Waals surface area contributed by atoms with E-state index in [0.717, 1.165) is 22.6 Å². The molecule has 0 bridgehead atoms. The van der Waals surface area contributed by atoms with Crippen molar-refractivity contribution in [3.8, 4) is 27.7 Å². The maximum atomic E-state index is 14.4. The largest absolute Gasteiger partial charge is 0.497 e. The van der Waals surface area contributed by atoms with Gasteiger partial charge in [0.05, 0.1) is 14.2 Å². The third-order valence-corrected chi connectivity index (χ3v) is 6.13. The average molecular weight is 414 g/mol. The molecule has 4 rings (SSSR count). The first-order valence-electron chi connectivity index (χ1n) is 9.52. The predicted octanol–water partition coefficient (Wildman–Crippen LogP) is 5.27. The second-order valence-electron chi connectivity index (χ2n) is 7.09. The normalized spacial score (nSPS) is 14.1. The van der Waals surface area contributed by atoms with E-state index in [2.05, 4.69) is 30.0 Å². The van der Waals surface area contributed by atoms with Crippen molar-refractivity contribution in [2.24, 2.45) is 0 Å². The highest BCUT2D eigenvalue weighted by Crippen LogP contribution is 2.40. The molecule has 0 unspecified atom stereocenters. The number of aryl methyl sites for hydroxylation is 1. The minimum absolute atomic E-state index is 0.255. The Morgan fingerprint density at radius 3 is 2.66 bits per heavy atom. The molecule has 152 valence electrons. The van der Waals surface area contributed by atoms with E-state index in [1.165, 1.54) is 22.9 Å². The Morgan fingerprint density at radius 2 is 1.97 bits per heavy atom. The molecule has 6 heteroatoms. The lowest BCUT2D eigenvalue weighted by Gasteiger charge is -2.20. The molecular weight excluding hydrogens is 389 g/mol. The maximum Gasteiger partial charge on any atom is 0.165 e. The SMILES string of the molecule is COc1ccc(CN2CCOc3c(cc(-c4ccc(C)s4)cc3OC)C2)c(F)c1. The summed E-state index contributed by atoms with van der Waals surface area (Å²) in [7, 11) is 3.20. The minimum atomic E-state index is -0.255. The van der Waals surface area contributed by atoms with E-state index in [-0.39, 0.29) is 5.82 Å². The van der Waals surface area contributed by atoms with E-state index >= 15 is 0 Å². The summed E-state index contributed by atoms with van der Waals surface area (Å²) in [6.45, 7) is 4.50. The summed E-state index contributed by atoms with van der Waals surface area (Å²) in [5.41, 5.74) is 2.81. The van der Waals surface area contributed by atoms with Crippen LogP contribution in [0, 0.1) is 12.7 Å². The number of fused-ring (bicyclic) bond motifs is 1. The van der Waals surface area contributed by atoms with Gasteiger partial charge in [0.1, 0.15) is 18.2 Å². The first kappa shape index (κ1) is 19.7. The van der Waals surface area contributed by atoms with Crippen LogP contribution in [0.3, 0.4) is 0 Å². The molecule has 1 aromatic heterocycles. The maximum absolute atomic E-state index is 14.4. The van der Waals surface area contributed by atoms with Crippen LogP contribution in [0.2, 0.25) is 0 Å². The van der Waals surface area contributed by atoms with E-state index in [4.69, 9.17) is 14.2 Å². The van der Waals surface area contributed by atoms with Gasteiger partial charge < -0.3 is 14.2 Å². The molecular formula is C23H24FNO3S. The molecule has 2 heterocycles. The van der Waals surface area contributed by atoms with E-state index < -0.39 is 0 Å². The highest BCUT2D eigenvalue weighted by atomic mass is 32.1. The van der Waals surface area contributed by atoms with Crippen molar-refractivity contribution in [3.05, 3.63) is 64.3 Å². The Balaban J connectivity index is 1.63. The number of ether oxygens (including phenoxy) is 3. The first-order chi connectivity index (χ1) is 14.1. The number of thiophene rings is 1. The van der Waals surface area contributed by atoms with Crippen molar-refractivity contribution >= 4 is 11.3 Å². The molecule has 29 heavy (non-hydrogen) atoms. The van der Waals surface area contributed by atoms with Gasteiger partial charge in [0.2, 0.25) is 0 Å². The van der Waals surface area contributed by atoms with Crippen LogP contribution in [0.15, 0.2) is 42.5 Å². The van der Waals surface area contributed by atoms with E-state index in [1.54, 1.807) is 30.6 Å². The van der Waals surface area contributed by atoms with Crippen molar-refractivity contribution in [2.45, 2.75) is 20.0 Å². The Morgan fingerprint density at radius 1 is 1.10 bits per heavy atom. The van der Waals surface area contributed by atoms with Crippen molar-refractivity contribution in [3.63, 3.8) is 0 Å². The van der Waals surface area contributed by atoms with Crippen LogP contribution >= 0.6 is 11.3 Å². The Labute approximate surface area is 174 Å². The first-order valence-corrected chi connectivity index (χ1v) is 10.3. The topological polar surface area (TPSA) is 30.9 Å². The van der Waals surface area contributed by atoms with E-state index in [1.807, 2.05) is 6.07 Å². The van der Waals surface area contributed by atoms with E-state index in [0.29, 0.717) is 37.6 Å². The third-order valence-electron chi connectivity index (χ3n) is 5.08. The highest BCUT2D eigenvalue weighted by molar-refractivity contribution is 7.15. The summed E-state index contributed by atoms with van der Waals surface area (Å²) < 4.78 is 31.2. The molecule has 0 saturated heterocycles. The summed E-state index contributed by atoms with van der Waals surface area (Å²) in [6, 6.07) is 13.4. The van der Waals surface area contributed by atoms with Crippen LogP contribution < -0.4 is 14.2 Å². The van der Waals surface area contributed by atoms with Crippen molar-refractivity contribution < 1.29 is 18.6 Å². The second kappa shape index (κ2) is 8.43. The molecule has 0 radical (unpaired) electrons. The number of methoxy groups -OCH3 is 2. The van der Waals surface area contributed by atoms with Gasteiger partial charge in [-0.15, -0.1) is 11.3 Å². The molecule has 3 aromatic rings. The number of halogens is 1. The zero-order valence-corrected chi connectivity index (χ0v) is 17.6. The van der Waals surface area contributed by atoms with Crippen molar-refractivity contribution in [1.29, 1.82) is 0 Å². The Bertz CT molecular complexity index is 1020. The molecule has 1 aliphatic heterocycles. The van der Waals surface area contributed by atoms with E-state index in [9.17, 15) is 4.39 Å². The van der Waals surface area contributed by atoms with Gasteiger partial charge in [0, 0.05) is 46.6 Å². The zero-order valence-electron chi connectivity index (χ0n) is 16.8. The van der Waals surface area contributed by atoms with Crippen molar-refractivity contribution in [1.82, 2.24) is 4.90 Å². The van der Waals surface area contributed by atoms with Gasteiger partial charge in [-0.2, -0.15) is 0 Å². The zero-order chi connectivity index (χ0) is 20.4. The molecule has 1 aliphatic rings. The summed E-state index contributed by atoms with van der Waals surface area (Å²) >= 11 is 1.75. The molecule has 0 fully saturated rings. The number of nitrogens with zero attached hydrogens (tertiary/aromatic N) is 1. The second-order valence-corrected chi connectivity index (χ2v) is 8.38. The molecule has 4 nitrogen and oxygen atoms in total. The number of rotatable bonds is 5. The standard InChI is InChI=1S/C23H24FNO3S/c1-15-4-7-22(29-15)17-10-18-14-25(8-9-28-23(18)21(11-17)27-3)13-16-5-6-19(26-2)12-20(16)24/h4-7,10-12H,8-9,13-14H2,1-3H3. The van der Waals surface area contributed by atoms with Gasteiger partial charge in [0.15, 0.2) is 11.5 Å². The molecule has 0 spiro atoms. The number of benzene rings is 2. The van der Waals surface area contributed by atoms with Crippen molar-refractivity contribution in [2.75, 3.05) is 27.4 Å². The van der Waals surface area contributed by atoms with Crippen LogP contribution in [0.25, 0.3) is 10.4 Å². The summed E-state index contributed by atoms with van der Waals surface area (Å²) in [5.74, 6) is 1.79. The average Bonchev–Trinajstić information content (AvgIpc) is 3.05. The lowest BCUT2D eigenvalue weighted by molar-refractivity contribution is 0.215. The molecule has 0 atom stereocenters. The van der Waals surface area contributed by atoms with Crippen LogP contribution in [0.4, 0.5) is 4.39 Å². The smallest absolute Gasteiger partial charge is 0.165 e. The highest BCUT2D eigenvalue weighted by Gasteiger charge is 2.22. The Kier molecular flexibility index (Phi) is 5.74. The fourth-order valence-corrected chi connectivity index (χ4v) is 4.44. The van der Waals surface area contributed by atoms with Gasteiger partial charge in [0.25, 0.3) is 0 Å². The van der Waals surface area contributed by atoms with Gasteiger partial charge >= 0.3 is 0 Å². The Hall–Kier alpha value is -2.57. The monoisotopic (exact) mass is 413 g/mol. The third kappa shape index (κ3) is 4.23. The van der Waals surface area contributed by atoms with Gasteiger partial charge in [-0.3, -0.25) is 4.90 Å². The number of hydrogen-bond acceptors (Lipinski definition) is 5. The molecule has 0 aliphatic carbocycles. The fraction of sp³-hybridized carbons (Fsp3) is 0.304. The summed E-state index contributed by atoms with van der Waals surface area (Å²) in [4.78, 5) is 4.65. The fourth-order valence-electron chi connectivity index (χ4n) is 3.58. The quantitative estimate of drug-likeness (QED) is 0.570. The number of hydrogen-bond donors (Lipinski definition) is 0. The summed E-state index contributed by atoms with van der Waals surface area (Å²) in [5, 5.41) is 0. The van der Waals surface area contributed by atoms with Crippen LogP contribution in [-0.4, -0.2) is 32.3 Å². The minimum Gasteiger partial charge on any atom is -0.497 e.